The molecule has 0 unspecified atom stereocenters. The number of nitrogens with one attached hydrogen (secondary N) is 1. The molecule has 1 saturated heterocycles. The van der Waals surface area contributed by atoms with Gasteiger partial charge in [-0.15, -0.1) is 0 Å². The van der Waals surface area contributed by atoms with Gasteiger partial charge in [-0.05, 0) is 13.0 Å². The minimum Gasteiger partial charge on any atom is -0.481 e. The second-order valence-electron chi connectivity index (χ2n) is 4.01. The van der Waals surface area contributed by atoms with Gasteiger partial charge < -0.3 is 20.3 Å². The molecule has 1 aliphatic heterocycles. The summed E-state index contributed by atoms with van der Waals surface area (Å²) in [4.78, 5) is 10.2. The lowest BCUT2D eigenvalue weighted by atomic mass is 9.94. The molecule has 0 amide bonds. The predicted molar refractivity (Wildman–Crippen MR) is 54.7 cm³/mol. The van der Waals surface area contributed by atoms with Gasteiger partial charge in [-0.1, -0.05) is 0 Å². The van der Waals surface area contributed by atoms with E-state index in [1.165, 1.54) is 0 Å². The first-order valence-electron chi connectivity index (χ1n) is 5.35. The lowest BCUT2D eigenvalue weighted by Gasteiger charge is -2.32. The topological polar surface area (TPSA) is 78.8 Å². The van der Waals surface area contributed by atoms with Crippen LogP contribution in [-0.4, -0.2) is 48.1 Å². The number of carboxylic acid groups (broad SMARTS) is 1. The maximum absolute atomic E-state index is 10.2. The Morgan fingerprint density at radius 1 is 1.40 bits per heavy atom. The highest BCUT2D eigenvalue weighted by Gasteiger charge is 2.28. The van der Waals surface area contributed by atoms with E-state index in [4.69, 9.17) is 9.84 Å². The zero-order chi connectivity index (χ0) is 11.1. The maximum atomic E-state index is 10.2. The molecule has 0 aromatic carbocycles. The Labute approximate surface area is 89.4 Å². The molecule has 0 aromatic rings. The minimum atomic E-state index is -0.776. The van der Waals surface area contributed by atoms with Crippen molar-refractivity contribution in [3.05, 3.63) is 0 Å². The molecule has 0 saturated carbocycles. The van der Waals surface area contributed by atoms with Crippen molar-refractivity contribution in [3.63, 3.8) is 0 Å². The average Bonchev–Trinajstić information content (AvgIpc) is 2.17. The lowest BCUT2D eigenvalue weighted by Crippen LogP contribution is -2.45. The van der Waals surface area contributed by atoms with E-state index < -0.39 is 11.6 Å². The van der Waals surface area contributed by atoms with Gasteiger partial charge in [0.05, 0.1) is 5.60 Å². The predicted octanol–water partition coefficient (Wildman–Crippen LogP) is -0.0177. The van der Waals surface area contributed by atoms with Gasteiger partial charge in [0, 0.05) is 39.0 Å². The second kappa shape index (κ2) is 6.05. The largest absolute Gasteiger partial charge is 0.481 e. The fourth-order valence-corrected chi connectivity index (χ4v) is 1.61. The summed E-state index contributed by atoms with van der Waals surface area (Å²) in [5.41, 5.74) is -0.665. The van der Waals surface area contributed by atoms with Crippen molar-refractivity contribution in [1.29, 1.82) is 0 Å². The molecule has 0 atom stereocenters. The Kier molecular flexibility index (Phi) is 5.01. The van der Waals surface area contributed by atoms with Crippen molar-refractivity contribution in [1.82, 2.24) is 5.32 Å². The van der Waals surface area contributed by atoms with Crippen LogP contribution in [0.25, 0.3) is 0 Å². The second-order valence-corrected chi connectivity index (χ2v) is 4.01. The Balaban J connectivity index is 2.05. The summed E-state index contributed by atoms with van der Waals surface area (Å²) < 4.78 is 5.16. The zero-order valence-electron chi connectivity index (χ0n) is 8.87. The molecule has 0 radical (unpaired) electrons. The van der Waals surface area contributed by atoms with Gasteiger partial charge in [-0.25, -0.2) is 0 Å². The van der Waals surface area contributed by atoms with E-state index in [0.717, 1.165) is 0 Å². The van der Waals surface area contributed by atoms with E-state index in [1.807, 2.05) is 0 Å². The van der Waals surface area contributed by atoms with Crippen molar-refractivity contribution < 1.29 is 19.7 Å². The highest BCUT2D eigenvalue weighted by atomic mass is 16.5. The van der Waals surface area contributed by atoms with Gasteiger partial charge in [0.15, 0.2) is 0 Å². The van der Waals surface area contributed by atoms with Crippen LogP contribution in [0.4, 0.5) is 0 Å². The van der Waals surface area contributed by atoms with Crippen LogP contribution in [0, 0.1) is 0 Å². The van der Waals surface area contributed by atoms with Crippen LogP contribution in [0.5, 0.6) is 0 Å². The molecule has 3 N–H and O–H groups in total. The average molecular weight is 217 g/mol. The summed E-state index contributed by atoms with van der Waals surface area (Å²) in [6.07, 6.45) is 2.08. The number of hydrogen-bond acceptors (Lipinski definition) is 4. The number of aliphatic hydroxyl groups is 1. The highest BCUT2D eigenvalue weighted by molar-refractivity contribution is 5.66. The molecular formula is C10H19NO4. The van der Waals surface area contributed by atoms with E-state index in [0.29, 0.717) is 45.6 Å². The Hall–Kier alpha value is -0.650. The van der Waals surface area contributed by atoms with Crippen molar-refractivity contribution in [2.24, 2.45) is 0 Å². The molecule has 5 nitrogen and oxygen atoms in total. The standard InChI is InChI=1S/C10H19NO4/c12-9(13)2-1-5-11-8-10(14)3-6-15-7-4-10/h11,14H,1-8H2,(H,12,13). The zero-order valence-corrected chi connectivity index (χ0v) is 8.87. The van der Waals surface area contributed by atoms with Crippen LogP contribution in [0.1, 0.15) is 25.7 Å². The van der Waals surface area contributed by atoms with E-state index in [2.05, 4.69) is 5.32 Å². The van der Waals surface area contributed by atoms with Crippen molar-refractivity contribution >= 4 is 5.97 Å². The molecule has 5 heteroatoms. The smallest absolute Gasteiger partial charge is 0.303 e. The number of carbonyl (C=O) groups is 1. The maximum Gasteiger partial charge on any atom is 0.303 e. The van der Waals surface area contributed by atoms with Gasteiger partial charge >= 0.3 is 5.97 Å². The van der Waals surface area contributed by atoms with E-state index in [9.17, 15) is 9.90 Å². The third-order valence-corrected chi connectivity index (χ3v) is 2.62. The number of hydrogen-bond donors (Lipinski definition) is 3. The molecule has 1 aliphatic rings. The Morgan fingerprint density at radius 3 is 2.67 bits per heavy atom. The van der Waals surface area contributed by atoms with Crippen LogP contribution in [-0.2, 0) is 9.53 Å². The summed E-state index contributed by atoms with van der Waals surface area (Å²) in [7, 11) is 0. The molecular weight excluding hydrogens is 198 g/mol. The normalized spacial score (nSPS) is 20.1. The van der Waals surface area contributed by atoms with E-state index >= 15 is 0 Å². The molecule has 1 rings (SSSR count). The summed E-state index contributed by atoms with van der Waals surface area (Å²) in [6, 6.07) is 0. The van der Waals surface area contributed by atoms with Crippen molar-refractivity contribution in [2.75, 3.05) is 26.3 Å². The third-order valence-electron chi connectivity index (χ3n) is 2.62. The summed E-state index contributed by atoms with van der Waals surface area (Å²) >= 11 is 0. The van der Waals surface area contributed by atoms with Crippen LogP contribution in [0.15, 0.2) is 0 Å². The van der Waals surface area contributed by atoms with E-state index in [-0.39, 0.29) is 6.42 Å². The van der Waals surface area contributed by atoms with Gasteiger partial charge in [0.1, 0.15) is 0 Å². The third kappa shape index (κ3) is 5.11. The quantitative estimate of drug-likeness (QED) is 0.545. The summed E-state index contributed by atoms with van der Waals surface area (Å²) in [6.45, 7) is 2.37. The summed E-state index contributed by atoms with van der Waals surface area (Å²) in [5, 5.41) is 21.5. The SMILES string of the molecule is O=C(O)CCCNCC1(O)CCOCC1. The van der Waals surface area contributed by atoms with Crippen LogP contribution in [0.3, 0.4) is 0 Å². The minimum absolute atomic E-state index is 0.175. The van der Waals surface area contributed by atoms with Crippen LogP contribution in [0.2, 0.25) is 0 Å². The monoisotopic (exact) mass is 217 g/mol. The molecule has 88 valence electrons. The summed E-state index contributed by atoms with van der Waals surface area (Å²) in [5.74, 6) is -0.776. The lowest BCUT2D eigenvalue weighted by molar-refractivity contribution is -0.137. The van der Waals surface area contributed by atoms with Crippen molar-refractivity contribution in [3.8, 4) is 0 Å². The first kappa shape index (κ1) is 12.4. The fourth-order valence-electron chi connectivity index (χ4n) is 1.61. The number of carboxylic acids is 1. The highest BCUT2D eigenvalue weighted by Crippen LogP contribution is 2.18. The van der Waals surface area contributed by atoms with Crippen LogP contribution < -0.4 is 5.32 Å². The number of rotatable bonds is 6. The molecule has 0 spiro atoms. The van der Waals surface area contributed by atoms with Gasteiger partial charge in [0.25, 0.3) is 0 Å². The Bertz CT molecular complexity index is 202. The molecule has 0 bridgehead atoms. The Morgan fingerprint density at radius 2 is 2.07 bits per heavy atom. The molecule has 0 aromatic heterocycles. The van der Waals surface area contributed by atoms with Gasteiger partial charge in [0.2, 0.25) is 0 Å². The molecule has 1 heterocycles. The molecule has 15 heavy (non-hydrogen) atoms. The first-order chi connectivity index (χ1) is 7.12. The fraction of sp³-hybridized carbons (Fsp3) is 0.900. The number of ether oxygens (including phenoxy) is 1. The molecule has 1 fully saturated rings. The van der Waals surface area contributed by atoms with Crippen molar-refractivity contribution in [2.45, 2.75) is 31.3 Å². The first-order valence-corrected chi connectivity index (χ1v) is 5.35. The van der Waals surface area contributed by atoms with Crippen LogP contribution >= 0.6 is 0 Å². The molecule has 0 aliphatic carbocycles. The van der Waals surface area contributed by atoms with E-state index in [1.54, 1.807) is 0 Å². The van der Waals surface area contributed by atoms with Gasteiger partial charge in [-0.2, -0.15) is 0 Å². The van der Waals surface area contributed by atoms with Gasteiger partial charge in [-0.3, -0.25) is 4.79 Å². The number of aliphatic carboxylic acids is 1.